The molecule has 0 fully saturated rings. The molecule has 0 spiro atoms. The van der Waals surface area contributed by atoms with Gasteiger partial charge in [-0.3, -0.25) is 10.1 Å². The highest BCUT2D eigenvalue weighted by molar-refractivity contribution is 7.91. The average Bonchev–Trinajstić information content (AvgIpc) is 3.28. The molecule has 0 unspecified atom stereocenters. The fraction of sp³-hybridized carbons (Fsp3) is 0.160. The minimum Gasteiger partial charge on any atom is -0.296 e. The first-order valence-corrected chi connectivity index (χ1v) is 12.9. The van der Waals surface area contributed by atoms with Crippen molar-refractivity contribution in [2.75, 3.05) is 5.32 Å². The van der Waals surface area contributed by atoms with Crippen LogP contribution in [0.15, 0.2) is 77.1 Å². The molecular weight excluding hydrogens is 468 g/mol. The number of hydrogen-bond donors (Lipinski definition) is 2. The van der Waals surface area contributed by atoms with Crippen LogP contribution in [0.25, 0.3) is 0 Å². The molecular formula is C25H24N4O3S2. The molecule has 0 aliphatic rings. The second kappa shape index (κ2) is 9.84. The Hall–Kier alpha value is -3.40. The van der Waals surface area contributed by atoms with Gasteiger partial charge in [0.15, 0.2) is 0 Å². The summed E-state index contributed by atoms with van der Waals surface area (Å²) in [4.78, 5) is 12.6. The molecule has 3 aromatic carbocycles. The maximum Gasteiger partial charge on any atom is 0.270 e. The molecule has 0 saturated carbocycles. The molecule has 7 nitrogen and oxygen atoms in total. The third-order valence-electron chi connectivity index (χ3n) is 5.39. The fourth-order valence-electron chi connectivity index (χ4n) is 3.67. The van der Waals surface area contributed by atoms with E-state index in [1.807, 2.05) is 81.4 Å². The van der Waals surface area contributed by atoms with Gasteiger partial charge in [-0.1, -0.05) is 83.6 Å². The van der Waals surface area contributed by atoms with Gasteiger partial charge in [0, 0.05) is 5.56 Å². The Balaban J connectivity index is 1.61. The zero-order chi connectivity index (χ0) is 24.3. The number of benzene rings is 3. The highest BCUT2D eigenvalue weighted by Crippen LogP contribution is 2.29. The Kier molecular flexibility index (Phi) is 6.87. The average molecular weight is 493 g/mol. The van der Waals surface area contributed by atoms with E-state index >= 15 is 0 Å². The van der Waals surface area contributed by atoms with Crippen molar-refractivity contribution in [2.24, 2.45) is 0 Å². The van der Waals surface area contributed by atoms with Crippen LogP contribution in [-0.4, -0.2) is 24.5 Å². The molecule has 2 N–H and O–H groups in total. The summed E-state index contributed by atoms with van der Waals surface area (Å²) in [6, 6.07) is 21.8. The van der Waals surface area contributed by atoms with Crippen molar-refractivity contribution >= 4 is 32.4 Å². The molecule has 34 heavy (non-hydrogen) atoms. The number of amides is 1. The molecule has 0 aliphatic carbocycles. The van der Waals surface area contributed by atoms with Crippen LogP contribution in [0.1, 0.15) is 44.2 Å². The number of rotatable bonds is 7. The maximum absolute atomic E-state index is 13.3. The van der Waals surface area contributed by atoms with Crippen LogP contribution in [0.5, 0.6) is 0 Å². The molecule has 1 aromatic heterocycles. The number of carbonyl (C=O) groups is 1. The molecule has 0 bridgehead atoms. The van der Waals surface area contributed by atoms with Crippen LogP contribution in [0.2, 0.25) is 0 Å². The summed E-state index contributed by atoms with van der Waals surface area (Å²) in [6.45, 7) is 5.77. The van der Waals surface area contributed by atoms with Gasteiger partial charge in [0.05, 0.1) is 6.04 Å². The van der Waals surface area contributed by atoms with Gasteiger partial charge in [0.1, 0.15) is 0 Å². The predicted molar refractivity (Wildman–Crippen MR) is 134 cm³/mol. The van der Waals surface area contributed by atoms with Gasteiger partial charge in [-0.2, -0.15) is 4.72 Å². The zero-order valence-electron chi connectivity index (χ0n) is 18.9. The van der Waals surface area contributed by atoms with E-state index in [4.69, 9.17) is 0 Å². The molecule has 0 aliphatic heterocycles. The molecule has 0 saturated heterocycles. The number of aromatic nitrogens is 2. The number of nitrogens with zero attached hydrogens (tertiary/aromatic N) is 2. The molecule has 174 valence electrons. The Morgan fingerprint density at radius 1 is 0.882 bits per heavy atom. The Labute approximate surface area is 202 Å². The first-order valence-electron chi connectivity index (χ1n) is 10.6. The first kappa shape index (κ1) is 23.7. The lowest BCUT2D eigenvalue weighted by Gasteiger charge is -2.21. The van der Waals surface area contributed by atoms with E-state index in [0.717, 1.165) is 39.2 Å². The fourth-order valence-corrected chi connectivity index (χ4v) is 5.79. The van der Waals surface area contributed by atoms with E-state index in [1.165, 1.54) is 0 Å². The summed E-state index contributed by atoms with van der Waals surface area (Å²) < 4.78 is 29.1. The van der Waals surface area contributed by atoms with Gasteiger partial charge in [0.2, 0.25) is 9.47 Å². The molecule has 1 amide bonds. The third-order valence-corrected chi connectivity index (χ3v) is 8.02. The Morgan fingerprint density at radius 2 is 1.59 bits per heavy atom. The van der Waals surface area contributed by atoms with Crippen molar-refractivity contribution in [3.63, 3.8) is 0 Å². The number of carbonyl (C=O) groups excluding carboxylic acids is 1. The van der Waals surface area contributed by atoms with Gasteiger partial charge in [-0.25, -0.2) is 8.42 Å². The summed E-state index contributed by atoms with van der Waals surface area (Å²) in [7, 11) is -4.03. The van der Waals surface area contributed by atoms with Gasteiger partial charge >= 0.3 is 0 Å². The lowest BCUT2D eigenvalue weighted by atomic mass is 9.95. The summed E-state index contributed by atoms with van der Waals surface area (Å²) in [5, 5.41) is 10.5. The van der Waals surface area contributed by atoms with E-state index in [2.05, 4.69) is 20.2 Å². The van der Waals surface area contributed by atoms with E-state index in [9.17, 15) is 13.2 Å². The molecule has 0 radical (unpaired) electrons. The van der Waals surface area contributed by atoms with Crippen LogP contribution < -0.4 is 10.0 Å². The van der Waals surface area contributed by atoms with Crippen molar-refractivity contribution in [1.82, 2.24) is 14.9 Å². The van der Waals surface area contributed by atoms with Crippen molar-refractivity contribution in [1.29, 1.82) is 0 Å². The molecule has 1 heterocycles. The predicted octanol–water partition coefficient (Wildman–Crippen LogP) is 4.78. The maximum atomic E-state index is 13.3. The van der Waals surface area contributed by atoms with E-state index in [-0.39, 0.29) is 15.4 Å². The highest BCUT2D eigenvalue weighted by Gasteiger charge is 2.27. The van der Waals surface area contributed by atoms with E-state index < -0.39 is 16.1 Å². The van der Waals surface area contributed by atoms with Gasteiger partial charge in [-0.05, 0) is 49.1 Å². The number of sulfonamides is 1. The van der Waals surface area contributed by atoms with Crippen LogP contribution in [-0.2, 0) is 10.0 Å². The largest absolute Gasteiger partial charge is 0.296 e. The van der Waals surface area contributed by atoms with Crippen molar-refractivity contribution in [3.8, 4) is 0 Å². The smallest absolute Gasteiger partial charge is 0.270 e. The zero-order valence-corrected chi connectivity index (χ0v) is 20.6. The van der Waals surface area contributed by atoms with Crippen LogP contribution in [0.4, 0.5) is 5.13 Å². The monoisotopic (exact) mass is 492 g/mol. The number of hydrogen-bond acceptors (Lipinski definition) is 6. The summed E-state index contributed by atoms with van der Waals surface area (Å²) in [6.07, 6.45) is 0. The van der Waals surface area contributed by atoms with E-state index in [1.54, 1.807) is 12.1 Å². The molecule has 1 atom stereocenters. The van der Waals surface area contributed by atoms with Crippen LogP contribution in [0.3, 0.4) is 0 Å². The lowest BCUT2D eigenvalue weighted by Crippen LogP contribution is -2.30. The first-order chi connectivity index (χ1) is 16.2. The summed E-state index contributed by atoms with van der Waals surface area (Å²) >= 11 is 0.803. The number of aryl methyl sites for hydroxylation is 3. The summed E-state index contributed by atoms with van der Waals surface area (Å²) in [5.41, 5.74) is 5.00. The second-order valence-electron chi connectivity index (χ2n) is 7.97. The van der Waals surface area contributed by atoms with Crippen LogP contribution in [0, 0.1) is 20.8 Å². The quantitative estimate of drug-likeness (QED) is 0.362. The second-order valence-corrected chi connectivity index (χ2v) is 10.8. The lowest BCUT2D eigenvalue weighted by molar-refractivity contribution is 0.102. The topological polar surface area (TPSA) is 101 Å². The minimum atomic E-state index is -4.03. The van der Waals surface area contributed by atoms with Gasteiger partial charge in [0.25, 0.3) is 15.9 Å². The normalized spacial score (nSPS) is 12.3. The number of nitrogens with one attached hydrogen (secondary N) is 2. The highest BCUT2D eigenvalue weighted by atomic mass is 32.2. The minimum absolute atomic E-state index is 0.108. The molecule has 9 heteroatoms. The standard InChI is InChI=1S/C25H24N4O3S2/c1-16-13-14-20(18(3)15-16)22(19-10-5-4-6-11-19)29-34(31,32)25-28-27-24(33-25)26-23(30)21-12-8-7-9-17(21)2/h4-15,22,29H,1-3H3,(H,26,27,30)/t22-/m1/s1. The molecule has 4 aromatic rings. The van der Waals surface area contributed by atoms with Crippen molar-refractivity contribution in [2.45, 2.75) is 31.2 Å². The van der Waals surface area contributed by atoms with Crippen LogP contribution >= 0.6 is 11.3 Å². The third kappa shape index (κ3) is 5.22. The Morgan fingerprint density at radius 3 is 2.29 bits per heavy atom. The van der Waals surface area contributed by atoms with E-state index in [0.29, 0.717) is 5.56 Å². The van der Waals surface area contributed by atoms with Crippen molar-refractivity contribution in [3.05, 3.63) is 106 Å². The van der Waals surface area contributed by atoms with Gasteiger partial charge < -0.3 is 0 Å². The number of anilines is 1. The Bertz CT molecular complexity index is 1430. The SMILES string of the molecule is Cc1ccc([C@H](NS(=O)(=O)c2nnc(NC(=O)c3ccccc3C)s2)c2ccccc2)c(C)c1. The van der Waals surface area contributed by atoms with Gasteiger partial charge in [-0.15, -0.1) is 10.2 Å². The van der Waals surface area contributed by atoms with Crippen molar-refractivity contribution < 1.29 is 13.2 Å². The summed E-state index contributed by atoms with van der Waals surface area (Å²) in [5.74, 6) is -0.372. The molecule has 4 rings (SSSR count).